The second kappa shape index (κ2) is 8.58. The molecule has 1 aliphatic rings. The highest BCUT2D eigenvalue weighted by molar-refractivity contribution is 6.00. The molecule has 4 rings (SSSR count). The molecule has 0 aliphatic carbocycles. The fourth-order valence-electron chi connectivity index (χ4n) is 3.71. The Morgan fingerprint density at radius 1 is 1.07 bits per heavy atom. The topological polar surface area (TPSA) is 85.2 Å². The van der Waals surface area contributed by atoms with Crippen molar-refractivity contribution >= 4 is 18.3 Å². The number of nitrogens with two attached hydrogens (primary N) is 1. The molecule has 1 fully saturated rings. The third-order valence-corrected chi connectivity index (χ3v) is 5.36. The van der Waals surface area contributed by atoms with Crippen molar-refractivity contribution in [1.82, 2.24) is 15.0 Å². The summed E-state index contributed by atoms with van der Waals surface area (Å²) >= 11 is 0. The van der Waals surface area contributed by atoms with Gasteiger partial charge in [0.2, 0.25) is 0 Å². The number of halogens is 1. The molecule has 0 spiro atoms. The lowest BCUT2D eigenvalue weighted by atomic mass is 9.95. The quantitative estimate of drug-likeness (QED) is 0.683. The van der Waals surface area contributed by atoms with Crippen molar-refractivity contribution in [3.8, 4) is 11.5 Å². The molecule has 1 aromatic heterocycles. The molecule has 0 unspecified atom stereocenters. The lowest BCUT2D eigenvalue weighted by Gasteiger charge is -2.18. The number of hydrogen-bond donors (Lipinski definition) is 1. The van der Waals surface area contributed by atoms with Crippen molar-refractivity contribution in [3.05, 3.63) is 71.5 Å². The van der Waals surface area contributed by atoms with Crippen LogP contribution < -0.4 is 5.73 Å². The minimum absolute atomic E-state index is 0. The molecule has 0 radical (unpaired) electrons. The van der Waals surface area contributed by atoms with Crippen LogP contribution in [0.25, 0.3) is 11.5 Å². The van der Waals surface area contributed by atoms with Crippen LogP contribution >= 0.6 is 12.4 Å². The molecule has 2 atom stereocenters. The zero-order valence-electron chi connectivity index (χ0n) is 17.4. The average molecular weight is 427 g/mol. The zero-order valence-corrected chi connectivity index (χ0v) is 18.2. The molecule has 0 saturated carbocycles. The van der Waals surface area contributed by atoms with Crippen LogP contribution in [0, 0.1) is 0 Å². The van der Waals surface area contributed by atoms with Crippen molar-refractivity contribution in [2.24, 2.45) is 5.73 Å². The first kappa shape index (κ1) is 22.0. The summed E-state index contributed by atoms with van der Waals surface area (Å²) in [5.74, 6) is 1.04. The number of benzene rings is 2. The summed E-state index contributed by atoms with van der Waals surface area (Å²) in [6, 6.07) is 17.4. The zero-order chi connectivity index (χ0) is 20.6. The molecule has 158 valence electrons. The van der Waals surface area contributed by atoms with Gasteiger partial charge in [-0.2, -0.15) is 4.98 Å². The Balaban J connectivity index is 0.00000256. The Morgan fingerprint density at radius 2 is 1.73 bits per heavy atom. The van der Waals surface area contributed by atoms with Gasteiger partial charge in [-0.15, -0.1) is 12.4 Å². The van der Waals surface area contributed by atoms with Crippen molar-refractivity contribution in [3.63, 3.8) is 0 Å². The molecular formula is C23H27ClN4O2. The monoisotopic (exact) mass is 426 g/mol. The second-order valence-corrected chi connectivity index (χ2v) is 8.61. The van der Waals surface area contributed by atoms with Crippen LogP contribution in [0.1, 0.15) is 48.4 Å². The van der Waals surface area contributed by atoms with Gasteiger partial charge in [0.1, 0.15) is 0 Å². The first-order valence-corrected chi connectivity index (χ1v) is 9.88. The summed E-state index contributed by atoms with van der Waals surface area (Å²) < 4.78 is 5.49. The Hall–Kier alpha value is -2.70. The van der Waals surface area contributed by atoms with Gasteiger partial charge in [0.15, 0.2) is 5.82 Å². The predicted molar refractivity (Wildman–Crippen MR) is 119 cm³/mol. The normalized spacial score (nSPS) is 18.9. The van der Waals surface area contributed by atoms with Gasteiger partial charge >= 0.3 is 0 Å². The number of rotatable bonds is 3. The Kier molecular flexibility index (Phi) is 6.29. The van der Waals surface area contributed by atoms with E-state index in [1.807, 2.05) is 62.1 Å². The van der Waals surface area contributed by atoms with Gasteiger partial charge in [0, 0.05) is 30.5 Å². The van der Waals surface area contributed by atoms with Crippen molar-refractivity contribution in [1.29, 1.82) is 0 Å². The maximum absolute atomic E-state index is 13.3. The smallest absolute Gasteiger partial charge is 0.258 e. The summed E-state index contributed by atoms with van der Waals surface area (Å²) in [6.45, 7) is 7.18. The first-order chi connectivity index (χ1) is 13.8. The van der Waals surface area contributed by atoms with E-state index in [1.165, 1.54) is 0 Å². The third-order valence-electron chi connectivity index (χ3n) is 5.36. The summed E-state index contributed by atoms with van der Waals surface area (Å²) in [5, 5.41) is 4.09. The molecule has 6 nitrogen and oxygen atoms in total. The maximum Gasteiger partial charge on any atom is 0.258 e. The van der Waals surface area contributed by atoms with Gasteiger partial charge < -0.3 is 15.2 Å². The summed E-state index contributed by atoms with van der Waals surface area (Å²) in [7, 11) is 0. The number of hydrogen-bond acceptors (Lipinski definition) is 5. The lowest BCUT2D eigenvalue weighted by Crippen LogP contribution is -2.32. The molecule has 1 aliphatic heterocycles. The molecular weight excluding hydrogens is 400 g/mol. The fraction of sp³-hybridized carbons (Fsp3) is 0.348. The van der Waals surface area contributed by atoms with Crippen LogP contribution in [0.4, 0.5) is 0 Å². The molecule has 7 heteroatoms. The van der Waals surface area contributed by atoms with Crippen LogP contribution in [0.2, 0.25) is 0 Å². The molecule has 3 aromatic rings. The van der Waals surface area contributed by atoms with Gasteiger partial charge in [0.05, 0.1) is 11.1 Å². The van der Waals surface area contributed by atoms with E-state index in [4.69, 9.17) is 10.3 Å². The van der Waals surface area contributed by atoms with Crippen molar-refractivity contribution in [2.75, 3.05) is 13.1 Å². The molecule has 2 N–H and O–H groups in total. The van der Waals surface area contributed by atoms with E-state index in [2.05, 4.69) is 22.3 Å². The number of likely N-dealkylation sites (tertiary alicyclic amines) is 1. The van der Waals surface area contributed by atoms with Gasteiger partial charge in [-0.3, -0.25) is 4.79 Å². The third kappa shape index (κ3) is 4.25. The molecule has 1 amide bonds. The van der Waals surface area contributed by atoms with E-state index in [9.17, 15) is 4.79 Å². The van der Waals surface area contributed by atoms with Crippen LogP contribution in [-0.2, 0) is 5.41 Å². The number of carbonyl (C=O) groups excluding carboxylic acids is 1. The number of amides is 1. The highest BCUT2D eigenvalue weighted by atomic mass is 35.5. The highest BCUT2D eigenvalue weighted by Crippen LogP contribution is 2.30. The van der Waals surface area contributed by atoms with Gasteiger partial charge in [-0.1, -0.05) is 68.4 Å². The Labute approximate surface area is 182 Å². The number of nitrogens with zero attached hydrogens (tertiary/aromatic N) is 3. The van der Waals surface area contributed by atoms with E-state index in [0.29, 0.717) is 35.9 Å². The SMILES string of the molecule is CC(C)(C)c1noc(-c2ccccc2C(=O)N2C[C@@H](N)[C@H](c3ccccc3)C2)n1.Cl. The highest BCUT2D eigenvalue weighted by Gasteiger charge is 2.35. The van der Waals surface area contributed by atoms with E-state index >= 15 is 0 Å². The van der Waals surface area contributed by atoms with Crippen molar-refractivity contribution < 1.29 is 9.32 Å². The molecule has 2 heterocycles. The number of carbonyl (C=O) groups is 1. The maximum atomic E-state index is 13.3. The molecule has 30 heavy (non-hydrogen) atoms. The summed E-state index contributed by atoms with van der Waals surface area (Å²) in [5.41, 5.74) is 8.52. The van der Waals surface area contributed by atoms with E-state index in [1.54, 1.807) is 6.07 Å². The average Bonchev–Trinajstić information content (AvgIpc) is 3.35. The van der Waals surface area contributed by atoms with Gasteiger partial charge in [-0.25, -0.2) is 0 Å². The fourth-order valence-corrected chi connectivity index (χ4v) is 3.71. The van der Waals surface area contributed by atoms with Crippen molar-refractivity contribution in [2.45, 2.75) is 38.1 Å². The van der Waals surface area contributed by atoms with Crippen LogP contribution in [0.5, 0.6) is 0 Å². The van der Waals surface area contributed by atoms with E-state index < -0.39 is 0 Å². The summed E-state index contributed by atoms with van der Waals surface area (Å²) in [4.78, 5) is 19.7. The Bertz CT molecular complexity index is 1010. The minimum atomic E-state index is -0.231. The molecule has 0 bridgehead atoms. The van der Waals surface area contributed by atoms with Gasteiger partial charge in [-0.05, 0) is 17.7 Å². The van der Waals surface area contributed by atoms with Crippen LogP contribution in [-0.4, -0.2) is 40.1 Å². The Morgan fingerprint density at radius 3 is 2.40 bits per heavy atom. The first-order valence-electron chi connectivity index (χ1n) is 9.88. The predicted octanol–water partition coefficient (Wildman–Crippen LogP) is 4.02. The molecule has 1 saturated heterocycles. The largest absolute Gasteiger partial charge is 0.336 e. The lowest BCUT2D eigenvalue weighted by molar-refractivity contribution is 0.0789. The molecule has 2 aromatic carbocycles. The van der Waals surface area contributed by atoms with Crippen LogP contribution in [0.3, 0.4) is 0 Å². The van der Waals surface area contributed by atoms with Gasteiger partial charge in [0.25, 0.3) is 11.8 Å². The van der Waals surface area contributed by atoms with E-state index in [-0.39, 0.29) is 35.7 Å². The van der Waals surface area contributed by atoms with Crippen LogP contribution in [0.15, 0.2) is 59.1 Å². The summed E-state index contributed by atoms with van der Waals surface area (Å²) in [6.07, 6.45) is 0. The standard InChI is InChI=1S/C23H26N4O2.ClH/c1-23(2,3)22-25-20(29-26-22)16-11-7-8-12-17(16)21(28)27-13-18(19(24)14-27)15-9-5-4-6-10-15;/h4-12,18-19H,13-14,24H2,1-3H3;1H/t18-,19+;/m0./s1. The number of aromatic nitrogens is 2. The van der Waals surface area contributed by atoms with E-state index in [0.717, 1.165) is 5.56 Å². The second-order valence-electron chi connectivity index (χ2n) is 8.61. The minimum Gasteiger partial charge on any atom is -0.336 e.